The number of rotatable bonds is 5. The lowest BCUT2D eigenvalue weighted by atomic mass is 10.0. The van der Waals surface area contributed by atoms with E-state index in [2.05, 4.69) is 0 Å². The average Bonchev–Trinajstić information content (AvgIpc) is 2.64. The normalized spacial score (nSPS) is 10.5. The van der Waals surface area contributed by atoms with E-state index in [9.17, 15) is 14.0 Å². The average molecular weight is 338 g/mol. The Balaban J connectivity index is 1.80. The minimum Gasteiger partial charge on any atom is -0.496 e. The van der Waals surface area contributed by atoms with Gasteiger partial charge in [-0.05, 0) is 29.7 Å². The largest absolute Gasteiger partial charge is 0.496 e. The maximum atomic E-state index is 13.2. The van der Waals surface area contributed by atoms with Crippen LogP contribution in [0.2, 0.25) is 0 Å². The highest BCUT2D eigenvalue weighted by Crippen LogP contribution is 2.28. The molecule has 0 aliphatic carbocycles. The molecule has 3 aromatic rings. The summed E-state index contributed by atoms with van der Waals surface area (Å²) in [6, 6.07) is 15.8. The lowest BCUT2D eigenvalue weighted by Crippen LogP contribution is -2.14. The summed E-state index contributed by atoms with van der Waals surface area (Å²) in [6.45, 7) is -0.456. The summed E-state index contributed by atoms with van der Waals surface area (Å²) in [5, 5.41) is 1.45. The van der Waals surface area contributed by atoms with Crippen LogP contribution in [0.25, 0.3) is 10.8 Å². The molecule has 0 saturated carbocycles. The van der Waals surface area contributed by atoms with Crippen molar-refractivity contribution in [2.75, 3.05) is 13.7 Å². The van der Waals surface area contributed by atoms with Gasteiger partial charge < -0.3 is 9.47 Å². The Morgan fingerprint density at radius 2 is 1.72 bits per heavy atom. The van der Waals surface area contributed by atoms with E-state index in [1.807, 2.05) is 12.1 Å². The van der Waals surface area contributed by atoms with Crippen LogP contribution < -0.4 is 4.74 Å². The lowest BCUT2D eigenvalue weighted by Gasteiger charge is -2.10. The molecule has 4 nitrogen and oxygen atoms in total. The molecule has 0 saturated heterocycles. The summed E-state index contributed by atoms with van der Waals surface area (Å²) >= 11 is 0. The Bertz CT molecular complexity index is 949. The van der Waals surface area contributed by atoms with Crippen LogP contribution in [-0.4, -0.2) is 25.5 Å². The lowest BCUT2D eigenvalue weighted by molar-refractivity contribution is 0.0476. The van der Waals surface area contributed by atoms with E-state index >= 15 is 0 Å². The van der Waals surface area contributed by atoms with Crippen LogP contribution in [0.4, 0.5) is 4.39 Å². The van der Waals surface area contributed by atoms with E-state index < -0.39 is 24.2 Å². The van der Waals surface area contributed by atoms with Crippen molar-refractivity contribution >= 4 is 22.5 Å². The van der Waals surface area contributed by atoms with Crippen molar-refractivity contribution in [1.82, 2.24) is 0 Å². The fourth-order valence-electron chi connectivity index (χ4n) is 2.58. The van der Waals surface area contributed by atoms with Crippen molar-refractivity contribution < 1.29 is 23.5 Å². The molecule has 0 N–H and O–H groups in total. The minimum atomic E-state index is -0.622. The smallest absolute Gasteiger partial charge is 0.339 e. The van der Waals surface area contributed by atoms with Crippen molar-refractivity contribution in [1.29, 1.82) is 0 Å². The van der Waals surface area contributed by atoms with Crippen LogP contribution in [0, 0.1) is 5.82 Å². The fraction of sp³-hybridized carbons (Fsp3) is 0.100. The first-order valence-corrected chi connectivity index (χ1v) is 7.62. The van der Waals surface area contributed by atoms with Gasteiger partial charge in [-0.1, -0.05) is 36.4 Å². The summed E-state index contributed by atoms with van der Waals surface area (Å²) < 4.78 is 23.6. The summed E-state index contributed by atoms with van der Waals surface area (Å²) in [5.74, 6) is -0.962. The second kappa shape index (κ2) is 7.13. The van der Waals surface area contributed by atoms with Crippen molar-refractivity contribution in [2.24, 2.45) is 0 Å². The van der Waals surface area contributed by atoms with Crippen LogP contribution in [0.3, 0.4) is 0 Å². The number of carbonyl (C=O) groups excluding carboxylic acids is 2. The molecular formula is C20H15FO4. The van der Waals surface area contributed by atoms with Gasteiger partial charge in [0.15, 0.2) is 12.4 Å². The highest BCUT2D eigenvalue weighted by atomic mass is 19.1. The SMILES string of the molecule is COc1ccc(C(=O)OCC(=O)c2cccc(F)c2)c2ccccc12. The van der Waals surface area contributed by atoms with Gasteiger partial charge in [0, 0.05) is 10.9 Å². The molecule has 0 aliphatic rings. The van der Waals surface area contributed by atoms with Crippen LogP contribution in [-0.2, 0) is 4.74 Å². The molecule has 0 spiro atoms. The molecule has 0 heterocycles. The molecule has 0 radical (unpaired) electrons. The standard InChI is InChI=1S/C20H15FO4/c1-24-19-10-9-17(15-7-2-3-8-16(15)19)20(23)25-12-18(22)13-5-4-6-14(21)11-13/h2-11H,12H2,1H3. The second-order valence-electron chi connectivity index (χ2n) is 5.37. The Labute approximate surface area is 143 Å². The first-order chi connectivity index (χ1) is 12.1. The van der Waals surface area contributed by atoms with Gasteiger partial charge in [0.25, 0.3) is 0 Å². The molecule has 0 atom stereocenters. The van der Waals surface area contributed by atoms with Gasteiger partial charge in [-0.25, -0.2) is 9.18 Å². The molecule has 0 aliphatic heterocycles. The number of esters is 1. The van der Waals surface area contributed by atoms with E-state index in [0.29, 0.717) is 16.7 Å². The van der Waals surface area contributed by atoms with E-state index in [1.54, 1.807) is 31.4 Å². The first kappa shape index (κ1) is 16.6. The van der Waals surface area contributed by atoms with Gasteiger partial charge in [-0.15, -0.1) is 0 Å². The molecule has 0 bridgehead atoms. The zero-order chi connectivity index (χ0) is 17.8. The Kier molecular flexibility index (Phi) is 4.75. The Hall–Kier alpha value is -3.21. The monoisotopic (exact) mass is 338 g/mol. The highest BCUT2D eigenvalue weighted by molar-refractivity contribution is 6.07. The molecule has 3 aromatic carbocycles. The van der Waals surface area contributed by atoms with Crippen LogP contribution in [0.1, 0.15) is 20.7 Å². The third-order valence-electron chi connectivity index (χ3n) is 3.80. The highest BCUT2D eigenvalue weighted by Gasteiger charge is 2.16. The summed E-state index contributed by atoms with van der Waals surface area (Å²) in [5.41, 5.74) is 0.496. The zero-order valence-electron chi connectivity index (χ0n) is 13.5. The molecule has 0 aromatic heterocycles. The number of fused-ring (bicyclic) bond motifs is 1. The number of hydrogen-bond acceptors (Lipinski definition) is 4. The molecule has 0 unspecified atom stereocenters. The summed E-state index contributed by atoms with van der Waals surface area (Å²) in [4.78, 5) is 24.4. The van der Waals surface area contributed by atoms with Crippen LogP contribution in [0.5, 0.6) is 5.75 Å². The van der Waals surface area contributed by atoms with Gasteiger partial charge in [0.1, 0.15) is 11.6 Å². The van der Waals surface area contributed by atoms with Crippen molar-refractivity contribution in [3.63, 3.8) is 0 Å². The van der Waals surface area contributed by atoms with Crippen LogP contribution in [0.15, 0.2) is 60.7 Å². The zero-order valence-corrected chi connectivity index (χ0v) is 13.5. The number of methoxy groups -OCH3 is 1. The summed E-state index contributed by atoms with van der Waals surface area (Å²) in [7, 11) is 1.55. The van der Waals surface area contributed by atoms with Gasteiger partial charge in [0.2, 0.25) is 0 Å². The first-order valence-electron chi connectivity index (χ1n) is 7.62. The number of hydrogen-bond donors (Lipinski definition) is 0. The quantitative estimate of drug-likeness (QED) is 0.521. The molecule has 0 amide bonds. The van der Waals surface area contributed by atoms with Gasteiger partial charge in [-0.2, -0.15) is 0 Å². The van der Waals surface area contributed by atoms with Gasteiger partial charge in [0.05, 0.1) is 12.7 Å². The van der Waals surface area contributed by atoms with E-state index in [1.165, 1.54) is 18.2 Å². The second-order valence-corrected chi connectivity index (χ2v) is 5.37. The van der Waals surface area contributed by atoms with Crippen LogP contribution >= 0.6 is 0 Å². The molecular weight excluding hydrogens is 323 g/mol. The van der Waals surface area contributed by atoms with E-state index in [-0.39, 0.29) is 5.56 Å². The molecule has 0 fully saturated rings. The number of ketones is 1. The number of benzene rings is 3. The number of Topliss-reactive ketones (excluding diaryl/α,β-unsaturated/α-hetero) is 1. The fourth-order valence-corrected chi connectivity index (χ4v) is 2.58. The van der Waals surface area contributed by atoms with E-state index in [4.69, 9.17) is 9.47 Å². The molecule has 5 heteroatoms. The van der Waals surface area contributed by atoms with Crippen molar-refractivity contribution in [3.05, 3.63) is 77.6 Å². The third kappa shape index (κ3) is 3.50. The Morgan fingerprint density at radius 3 is 2.44 bits per heavy atom. The van der Waals surface area contributed by atoms with Crippen molar-refractivity contribution in [3.8, 4) is 5.75 Å². The van der Waals surface area contributed by atoms with Crippen molar-refractivity contribution in [2.45, 2.75) is 0 Å². The van der Waals surface area contributed by atoms with E-state index in [0.717, 1.165) is 11.5 Å². The predicted molar refractivity (Wildman–Crippen MR) is 91.5 cm³/mol. The predicted octanol–water partition coefficient (Wildman–Crippen LogP) is 4.03. The van der Waals surface area contributed by atoms with Gasteiger partial charge >= 0.3 is 5.97 Å². The maximum absolute atomic E-state index is 13.2. The number of halogens is 1. The molecule has 25 heavy (non-hydrogen) atoms. The molecule has 126 valence electrons. The Morgan fingerprint density at radius 1 is 0.960 bits per heavy atom. The summed E-state index contributed by atoms with van der Waals surface area (Å²) in [6.07, 6.45) is 0. The topological polar surface area (TPSA) is 52.6 Å². The van der Waals surface area contributed by atoms with Gasteiger partial charge in [-0.3, -0.25) is 4.79 Å². The maximum Gasteiger partial charge on any atom is 0.339 e. The number of ether oxygens (including phenoxy) is 2. The minimum absolute atomic E-state index is 0.160. The molecule has 3 rings (SSSR count). The number of carbonyl (C=O) groups is 2. The third-order valence-corrected chi connectivity index (χ3v) is 3.80.